The van der Waals surface area contributed by atoms with Gasteiger partial charge in [0.25, 0.3) is 0 Å². The molecule has 0 radical (unpaired) electrons. The van der Waals surface area contributed by atoms with Crippen LogP contribution in [-0.2, 0) is 6.18 Å². The highest BCUT2D eigenvalue weighted by molar-refractivity contribution is 5.90. The van der Waals surface area contributed by atoms with Crippen molar-refractivity contribution in [3.63, 3.8) is 0 Å². The van der Waals surface area contributed by atoms with E-state index in [2.05, 4.69) is 5.10 Å². The Labute approximate surface area is 175 Å². The zero-order chi connectivity index (χ0) is 22.0. The Morgan fingerprint density at radius 3 is 2.23 bits per heavy atom. The molecule has 31 heavy (non-hydrogen) atoms. The molecule has 0 spiro atoms. The summed E-state index contributed by atoms with van der Waals surface area (Å²) in [7, 11) is 1.57. The quantitative estimate of drug-likeness (QED) is 0.431. The zero-order valence-electron chi connectivity index (χ0n) is 16.4. The molecule has 0 N–H and O–H groups in total. The lowest BCUT2D eigenvalue weighted by Gasteiger charge is -2.05. The van der Waals surface area contributed by atoms with Crippen LogP contribution in [0.4, 0.5) is 13.2 Å². The van der Waals surface area contributed by atoms with Crippen molar-refractivity contribution in [3.05, 3.63) is 99.8 Å². The van der Waals surface area contributed by atoms with E-state index in [0.717, 1.165) is 12.1 Å². The van der Waals surface area contributed by atoms with Gasteiger partial charge in [0.1, 0.15) is 11.3 Å². The van der Waals surface area contributed by atoms with Gasteiger partial charge in [-0.15, -0.1) is 0 Å². The lowest BCUT2D eigenvalue weighted by atomic mass is 10.1. The molecule has 7 heteroatoms. The molecule has 0 amide bonds. The third-order valence-corrected chi connectivity index (χ3v) is 4.79. The van der Waals surface area contributed by atoms with E-state index >= 15 is 0 Å². The Balaban J connectivity index is 1.79. The van der Waals surface area contributed by atoms with Gasteiger partial charge in [0.05, 0.1) is 24.1 Å². The van der Waals surface area contributed by atoms with Crippen molar-refractivity contribution >= 4 is 23.1 Å². The molecular formula is C24H17F3N2O2. The van der Waals surface area contributed by atoms with E-state index in [9.17, 15) is 18.0 Å². The highest BCUT2D eigenvalue weighted by Crippen LogP contribution is 2.29. The van der Waals surface area contributed by atoms with Gasteiger partial charge in [0.2, 0.25) is 5.43 Å². The number of rotatable bonds is 4. The van der Waals surface area contributed by atoms with Gasteiger partial charge in [-0.05, 0) is 54.1 Å². The Morgan fingerprint density at radius 1 is 0.903 bits per heavy atom. The normalized spacial score (nSPS) is 11.9. The third-order valence-electron chi connectivity index (χ3n) is 4.79. The maximum absolute atomic E-state index is 12.8. The first kappa shape index (κ1) is 20.4. The van der Waals surface area contributed by atoms with E-state index < -0.39 is 11.7 Å². The van der Waals surface area contributed by atoms with Crippen molar-refractivity contribution < 1.29 is 17.9 Å². The van der Waals surface area contributed by atoms with Gasteiger partial charge in [-0.1, -0.05) is 36.4 Å². The molecule has 0 saturated heterocycles. The highest BCUT2D eigenvalue weighted by atomic mass is 19.4. The Morgan fingerprint density at radius 2 is 1.58 bits per heavy atom. The van der Waals surface area contributed by atoms with Crippen LogP contribution < -0.4 is 10.2 Å². The number of halogens is 3. The molecule has 0 atom stereocenters. The summed E-state index contributed by atoms with van der Waals surface area (Å²) in [4.78, 5) is 12.7. The SMILES string of the molecule is COc1ccc(-n2nc(C=Cc3ccc(C(F)(F)F)cc3)c3ccccc(=O)c32)cc1. The number of ether oxygens (including phenoxy) is 1. The summed E-state index contributed by atoms with van der Waals surface area (Å²) in [6.45, 7) is 0. The van der Waals surface area contributed by atoms with Crippen molar-refractivity contribution in [2.75, 3.05) is 7.11 Å². The fourth-order valence-electron chi connectivity index (χ4n) is 3.21. The summed E-state index contributed by atoms with van der Waals surface area (Å²) >= 11 is 0. The van der Waals surface area contributed by atoms with Crippen LogP contribution in [0, 0.1) is 0 Å². The van der Waals surface area contributed by atoms with Crippen molar-refractivity contribution in [2.24, 2.45) is 0 Å². The molecular weight excluding hydrogens is 405 g/mol. The highest BCUT2D eigenvalue weighted by Gasteiger charge is 2.29. The van der Waals surface area contributed by atoms with E-state index in [1.165, 1.54) is 18.2 Å². The second kappa shape index (κ2) is 8.10. The monoisotopic (exact) mass is 422 g/mol. The van der Waals surface area contributed by atoms with Crippen molar-refractivity contribution in [1.29, 1.82) is 0 Å². The number of fused-ring (bicyclic) bond motifs is 1. The van der Waals surface area contributed by atoms with Gasteiger partial charge in [-0.2, -0.15) is 18.3 Å². The number of hydrogen-bond donors (Lipinski definition) is 0. The molecule has 4 rings (SSSR count). The first-order valence-corrected chi connectivity index (χ1v) is 9.39. The standard InChI is InChI=1S/C24H17F3N2O2/c1-31-19-13-11-18(12-14-19)29-23-20(4-2-3-5-22(23)30)21(28-29)15-8-16-6-9-17(10-7-16)24(25,26)27/h2-15H,1H3. The van der Waals surface area contributed by atoms with E-state index in [0.29, 0.717) is 33.6 Å². The first-order valence-electron chi connectivity index (χ1n) is 9.39. The summed E-state index contributed by atoms with van der Waals surface area (Å²) < 4.78 is 45.0. The van der Waals surface area contributed by atoms with Gasteiger partial charge in [0.15, 0.2) is 0 Å². The predicted molar refractivity (Wildman–Crippen MR) is 114 cm³/mol. The van der Waals surface area contributed by atoms with Crippen LogP contribution in [0.15, 0.2) is 77.6 Å². The average molecular weight is 422 g/mol. The molecule has 4 aromatic rings. The first-order chi connectivity index (χ1) is 14.9. The molecule has 0 saturated carbocycles. The van der Waals surface area contributed by atoms with Crippen LogP contribution in [0.3, 0.4) is 0 Å². The summed E-state index contributed by atoms with van der Waals surface area (Å²) in [5.74, 6) is 0.676. The minimum atomic E-state index is -4.38. The molecule has 0 aliphatic rings. The number of methoxy groups -OCH3 is 1. The summed E-state index contributed by atoms with van der Waals surface area (Å²) in [6, 6.07) is 18.6. The number of nitrogens with zero attached hydrogens (tertiary/aromatic N) is 2. The lowest BCUT2D eigenvalue weighted by Crippen LogP contribution is -2.05. The molecule has 1 aromatic heterocycles. The van der Waals surface area contributed by atoms with Gasteiger partial charge < -0.3 is 4.74 Å². The molecule has 156 valence electrons. The average Bonchev–Trinajstić information content (AvgIpc) is 3.02. The number of aromatic nitrogens is 2. The van der Waals surface area contributed by atoms with E-state index in [1.54, 1.807) is 66.4 Å². The van der Waals surface area contributed by atoms with E-state index in [-0.39, 0.29) is 5.43 Å². The Hall–Kier alpha value is -3.87. The smallest absolute Gasteiger partial charge is 0.416 e. The predicted octanol–water partition coefficient (Wildman–Crippen LogP) is 5.58. The van der Waals surface area contributed by atoms with Crippen LogP contribution in [-0.4, -0.2) is 16.9 Å². The second-order valence-electron chi connectivity index (χ2n) is 6.79. The van der Waals surface area contributed by atoms with E-state index in [4.69, 9.17) is 4.74 Å². The summed E-state index contributed by atoms with van der Waals surface area (Å²) in [6.07, 6.45) is -1.03. The molecule has 0 bridgehead atoms. The molecule has 0 fully saturated rings. The zero-order valence-corrected chi connectivity index (χ0v) is 16.4. The molecule has 0 aliphatic carbocycles. The maximum atomic E-state index is 12.8. The number of hydrogen-bond acceptors (Lipinski definition) is 3. The van der Waals surface area contributed by atoms with E-state index in [1.807, 2.05) is 0 Å². The van der Waals surface area contributed by atoms with Crippen molar-refractivity contribution in [2.45, 2.75) is 6.18 Å². The van der Waals surface area contributed by atoms with Gasteiger partial charge >= 0.3 is 6.18 Å². The van der Waals surface area contributed by atoms with Crippen LogP contribution in [0.1, 0.15) is 16.8 Å². The summed E-state index contributed by atoms with van der Waals surface area (Å²) in [5.41, 5.74) is 1.30. The fourth-order valence-corrected chi connectivity index (χ4v) is 3.21. The molecule has 0 unspecified atom stereocenters. The van der Waals surface area contributed by atoms with Gasteiger partial charge in [-0.3, -0.25) is 4.79 Å². The molecule has 3 aromatic carbocycles. The third kappa shape index (κ3) is 4.21. The molecule has 1 heterocycles. The van der Waals surface area contributed by atoms with Crippen LogP contribution >= 0.6 is 0 Å². The minimum absolute atomic E-state index is 0.197. The Bertz CT molecular complexity index is 1310. The van der Waals surface area contributed by atoms with Crippen molar-refractivity contribution in [1.82, 2.24) is 9.78 Å². The number of alkyl halides is 3. The molecule has 4 nitrogen and oxygen atoms in total. The largest absolute Gasteiger partial charge is 0.497 e. The second-order valence-corrected chi connectivity index (χ2v) is 6.79. The van der Waals surface area contributed by atoms with Gasteiger partial charge in [-0.25, -0.2) is 4.68 Å². The fraction of sp³-hybridized carbons (Fsp3) is 0.0833. The van der Waals surface area contributed by atoms with Crippen molar-refractivity contribution in [3.8, 4) is 11.4 Å². The van der Waals surface area contributed by atoms with Crippen LogP contribution in [0.5, 0.6) is 5.75 Å². The minimum Gasteiger partial charge on any atom is -0.497 e. The number of benzene rings is 2. The topological polar surface area (TPSA) is 44.1 Å². The lowest BCUT2D eigenvalue weighted by molar-refractivity contribution is -0.137. The summed E-state index contributed by atoms with van der Waals surface area (Å²) in [5, 5.41) is 5.22. The van der Waals surface area contributed by atoms with Crippen LogP contribution in [0.25, 0.3) is 28.7 Å². The Kier molecular flexibility index (Phi) is 5.33. The maximum Gasteiger partial charge on any atom is 0.416 e. The van der Waals surface area contributed by atoms with Crippen LogP contribution in [0.2, 0.25) is 0 Å². The van der Waals surface area contributed by atoms with Gasteiger partial charge in [0, 0.05) is 5.39 Å². The molecule has 0 aliphatic heterocycles.